The molecule has 166 valence electrons. The van der Waals surface area contributed by atoms with E-state index < -0.39 is 12.1 Å². The van der Waals surface area contributed by atoms with Crippen molar-refractivity contribution in [3.63, 3.8) is 0 Å². The maximum absolute atomic E-state index is 13.0. The molecule has 1 aromatic rings. The summed E-state index contributed by atoms with van der Waals surface area (Å²) in [6.45, 7) is 9.33. The average molecular weight is 419 g/mol. The molecule has 1 unspecified atom stereocenters. The summed E-state index contributed by atoms with van der Waals surface area (Å²) in [7, 11) is 0. The van der Waals surface area contributed by atoms with Gasteiger partial charge in [0.2, 0.25) is 5.91 Å². The molecule has 0 aromatic heterocycles. The number of hydrogen-bond acceptors (Lipinski definition) is 3. The quantitative estimate of drug-likeness (QED) is 0.539. The number of likely N-dealkylation sites (tertiary alicyclic amines) is 1. The number of amides is 3. The van der Waals surface area contributed by atoms with E-state index in [9.17, 15) is 14.0 Å². The third kappa shape index (κ3) is 8.53. The number of carbonyl (C=O) groups is 2. The van der Waals surface area contributed by atoms with Gasteiger partial charge in [-0.2, -0.15) is 0 Å². The van der Waals surface area contributed by atoms with Crippen molar-refractivity contribution >= 4 is 11.9 Å². The number of piperidine rings is 1. The van der Waals surface area contributed by atoms with E-state index in [1.807, 2.05) is 6.92 Å². The van der Waals surface area contributed by atoms with E-state index in [0.29, 0.717) is 6.42 Å². The largest absolute Gasteiger partial charge is 0.351 e. The molecule has 1 saturated heterocycles. The Morgan fingerprint density at radius 2 is 1.87 bits per heavy atom. The van der Waals surface area contributed by atoms with E-state index >= 15 is 0 Å². The van der Waals surface area contributed by atoms with E-state index in [1.54, 1.807) is 12.1 Å². The van der Waals surface area contributed by atoms with Gasteiger partial charge >= 0.3 is 6.03 Å². The van der Waals surface area contributed by atoms with Crippen molar-refractivity contribution in [1.82, 2.24) is 20.9 Å². The molecule has 2 rings (SSSR count). The lowest BCUT2D eigenvalue weighted by Crippen LogP contribution is -2.53. The summed E-state index contributed by atoms with van der Waals surface area (Å²) in [4.78, 5) is 27.4. The van der Waals surface area contributed by atoms with Crippen LogP contribution in [-0.4, -0.2) is 48.6 Å². The lowest BCUT2D eigenvalue weighted by atomic mass is 10.0. The molecule has 1 aliphatic heterocycles. The number of urea groups is 1. The summed E-state index contributed by atoms with van der Waals surface area (Å²) < 4.78 is 13.0. The number of benzene rings is 1. The van der Waals surface area contributed by atoms with Crippen molar-refractivity contribution in [2.24, 2.45) is 0 Å². The molecule has 0 aliphatic carbocycles. The van der Waals surface area contributed by atoms with Crippen molar-refractivity contribution in [2.75, 3.05) is 19.6 Å². The predicted octanol–water partition coefficient (Wildman–Crippen LogP) is 3.34. The number of nitrogens with one attached hydrogen (secondary N) is 3. The minimum atomic E-state index is -0.563. The van der Waals surface area contributed by atoms with Crippen molar-refractivity contribution in [3.8, 4) is 0 Å². The Kier molecular flexibility index (Phi) is 9.80. The molecule has 0 radical (unpaired) electrons. The van der Waals surface area contributed by atoms with E-state index in [0.717, 1.165) is 44.5 Å². The number of hydrogen-bond donors (Lipinski definition) is 3. The van der Waals surface area contributed by atoms with Crippen LogP contribution >= 0.6 is 0 Å². The standard InChI is InChI=1S/C23H35FN4O2/c1-4-5-21(27-23(30)25-16-18-6-8-19(24)9-7-18)22(29)26-20-11-14-28(15-12-20)13-10-17(2)3/h6-10,20-21H,4-5,11-16H2,1-3H3,(H,26,29)(H2,25,27,30). The first-order valence-electron chi connectivity index (χ1n) is 10.8. The number of nitrogens with zero attached hydrogens (tertiary/aromatic N) is 1. The van der Waals surface area contributed by atoms with Gasteiger partial charge in [0.1, 0.15) is 11.9 Å². The van der Waals surface area contributed by atoms with Crippen molar-refractivity contribution in [1.29, 1.82) is 0 Å². The molecule has 0 bridgehead atoms. The highest BCUT2D eigenvalue weighted by Gasteiger charge is 2.25. The van der Waals surface area contributed by atoms with Crippen molar-refractivity contribution in [3.05, 3.63) is 47.3 Å². The molecule has 0 saturated carbocycles. The predicted molar refractivity (Wildman–Crippen MR) is 118 cm³/mol. The van der Waals surface area contributed by atoms with Crippen LogP contribution in [0.4, 0.5) is 9.18 Å². The zero-order chi connectivity index (χ0) is 21.9. The fraction of sp³-hybridized carbons (Fsp3) is 0.565. The minimum Gasteiger partial charge on any atom is -0.351 e. The second kappa shape index (κ2) is 12.3. The number of halogens is 1. The minimum absolute atomic E-state index is 0.128. The van der Waals surface area contributed by atoms with Crippen LogP contribution in [-0.2, 0) is 11.3 Å². The average Bonchev–Trinajstić information content (AvgIpc) is 2.72. The van der Waals surface area contributed by atoms with Gasteiger partial charge in [0.15, 0.2) is 0 Å². The van der Waals surface area contributed by atoms with Crippen LogP contribution in [0.2, 0.25) is 0 Å². The molecule has 6 nitrogen and oxygen atoms in total. The first-order valence-corrected chi connectivity index (χ1v) is 10.8. The van der Waals surface area contributed by atoms with Gasteiger partial charge in [-0.15, -0.1) is 0 Å². The highest BCUT2D eigenvalue weighted by atomic mass is 19.1. The van der Waals surface area contributed by atoms with Gasteiger partial charge in [-0.3, -0.25) is 9.69 Å². The molecule has 0 spiro atoms. The van der Waals surface area contributed by atoms with Crippen LogP contribution in [0.25, 0.3) is 0 Å². The first kappa shape index (κ1) is 23.9. The third-order valence-electron chi connectivity index (χ3n) is 5.26. The van der Waals surface area contributed by atoms with E-state index in [1.165, 1.54) is 17.7 Å². The Hall–Kier alpha value is -2.41. The van der Waals surface area contributed by atoms with Gasteiger partial charge in [-0.25, -0.2) is 9.18 Å². The van der Waals surface area contributed by atoms with Crippen LogP contribution < -0.4 is 16.0 Å². The van der Waals surface area contributed by atoms with Crippen LogP contribution in [0.1, 0.15) is 52.0 Å². The highest BCUT2D eigenvalue weighted by molar-refractivity contribution is 5.87. The molecule has 1 atom stereocenters. The van der Waals surface area contributed by atoms with Gasteiger partial charge < -0.3 is 16.0 Å². The molecule has 1 heterocycles. The van der Waals surface area contributed by atoms with Gasteiger partial charge in [0.05, 0.1) is 0 Å². The molecule has 30 heavy (non-hydrogen) atoms. The summed E-state index contributed by atoms with van der Waals surface area (Å²) in [6, 6.07) is 5.13. The Labute approximate surface area is 179 Å². The van der Waals surface area contributed by atoms with Crippen molar-refractivity contribution in [2.45, 2.75) is 65.1 Å². The van der Waals surface area contributed by atoms with Crippen LogP contribution in [0.5, 0.6) is 0 Å². The first-order chi connectivity index (χ1) is 14.4. The maximum Gasteiger partial charge on any atom is 0.315 e. The molecule has 7 heteroatoms. The number of carbonyl (C=O) groups excluding carboxylic acids is 2. The second-order valence-electron chi connectivity index (χ2n) is 8.16. The van der Waals surface area contributed by atoms with Crippen LogP contribution in [0.15, 0.2) is 35.9 Å². The molecule has 3 N–H and O–H groups in total. The zero-order valence-corrected chi connectivity index (χ0v) is 18.3. The topological polar surface area (TPSA) is 73.5 Å². The van der Waals surface area contributed by atoms with Crippen molar-refractivity contribution < 1.29 is 14.0 Å². The summed E-state index contributed by atoms with van der Waals surface area (Å²) in [5, 5.41) is 8.62. The Morgan fingerprint density at radius 1 is 1.20 bits per heavy atom. The fourth-order valence-corrected chi connectivity index (χ4v) is 3.42. The Bertz CT molecular complexity index is 708. The fourth-order valence-electron chi connectivity index (χ4n) is 3.42. The Morgan fingerprint density at radius 3 is 2.47 bits per heavy atom. The SMILES string of the molecule is CCCC(NC(=O)NCc1ccc(F)cc1)C(=O)NC1CCN(CC=C(C)C)CC1. The maximum atomic E-state index is 13.0. The van der Waals surface area contributed by atoms with E-state index in [2.05, 4.69) is 40.8 Å². The number of allylic oxidation sites excluding steroid dienone is 1. The number of rotatable bonds is 9. The molecule has 3 amide bonds. The van der Waals surface area contributed by atoms with E-state index in [-0.39, 0.29) is 24.3 Å². The highest BCUT2D eigenvalue weighted by Crippen LogP contribution is 2.11. The summed E-state index contributed by atoms with van der Waals surface area (Å²) in [5.74, 6) is -0.442. The second-order valence-corrected chi connectivity index (χ2v) is 8.16. The lowest BCUT2D eigenvalue weighted by Gasteiger charge is -2.32. The van der Waals surface area contributed by atoms with Gasteiger partial charge in [0, 0.05) is 32.2 Å². The molecule has 1 aromatic carbocycles. The van der Waals surface area contributed by atoms with Crippen LogP contribution in [0.3, 0.4) is 0 Å². The smallest absolute Gasteiger partial charge is 0.315 e. The third-order valence-corrected chi connectivity index (χ3v) is 5.26. The van der Waals surface area contributed by atoms with Crippen LogP contribution in [0, 0.1) is 5.82 Å². The normalized spacial score (nSPS) is 15.9. The molecule has 1 aliphatic rings. The monoisotopic (exact) mass is 418 g/mol. The van der Waals surface area contributed by atoms with E-state index in [4.69, 9.17) is 0 Å². The summed E-state index contributed by atoms with van der Waals surface area (Å²) in [6.07, 6.45) is 5.42. The van der Waals surface area contributed by atoms with Gasteiger partial charge in [0.25, 0.3) is 0 Å². The zero-order valence-electron chi connectivity index (χ0n) is 18.3. The van der Waals surface area contributed by atoms with Gasteiger partial charge in [-0.05, 0) is 50.8 Å². The summed E-state index contributed by atoms with van der Waals surface area (Å²) >= 11 is 0. The summed E-state index contributed by atoms with van der Waals surface area (Å²) in [5.41, 5.74) is 2.11. The Balaban J connectivity index is 1.77. The van der Waals surface area contributed by atoms with Gasteiger partial charge in [-0.1, -0.05) is 37.1 Å². The molecular weight excluding hydrogens is 383 g/mol. The lowest BCUT2D eigenvalue weighted by molar-refractivity contribution is -0.124. The molecular formula is C23H35FN4O2. The molecule has 1 fully saturated rings.